The minimum Gasteiger partial charge on any atom is -0.508 e. The van der Waals surface area contributed by atoms with Crippen LogP contribution in [0, 0.1) is 0 Å². The molecule has 1 aromatic rings. The van der Waals surface area contributed by atoms with Crippen molar-refractivity contribution in [2.24, 2.45) is 0 Å². The Hall–Kier alpha value is -1.68. The van der Waals surface area contributed by atoms with Gasteiger partial charge in [-0.15, -0.1) is 0 Å². The van der Waals surface area contributed by atoms with Gasteiger partial charge in [0.05, 0.1) is 0 Å². The van der Waals surface area contributed by atoms with Crippen molar-refractivity contribution in [3.05, 3.63) is 36.0 Å². The number of phenolic OH excluding ortho intramolecular Hbond substituents is 1. The summed E-state index contributed by atoms with van der Waals surface area (Å²) < 4.78 is 0. The Morgan fingerprint density at radius 3 is 2.72 bits per heavy atom. The van der Waals surface area contributed by atoms with Crippen LogP contribution in [-0.2, 0) is 6.42 Å². The first-order valence-corrected chi connectivity index (χ1v) is 6.32. The van der Waals surface area contributed by atoms with Gasteiger partial charge in [0.15, 0.2) is 0 Å². The van der Waals surface area contributed by atoms with Crippen molar-refractivity contribution >= 4 is 5.69 Å². The van der Waals surface area contributed by atoms with Gasteiger partial charge in [-0.2, -0.15) is 0 Å². The number of nitrogen functional groups attached to an aromatic ring is 1. The van der Waals surface area contributed by atoms with Gasteiger partial charge in [-0.25, -0.2) is 0 Å². The van der Waals surface area contributed by atoms with E-state index in [1.165, 1.54) is 0 Å². The van der Waals surface area contributed by atoms with E-state index in [0.717, 1.165) is 43.9 Å². The van der Waals surface area contributed by atoms with Crippen molar-refractivity contribution in [2.75, 3.05) is 39.0 Å². The number of nitrogens with zero attached hydrogens (tertiary/aromatic N) is 2. The molecule has 0 atom stereocenters. The molecule has 1 saturated heterocycles. The highest BCUT2D eigenvalue weighted by Gasteiger charge is 2.09. The van der Waals surface area contributed by atoms with Gasteiger partial charge < -0.3 is 20.6 Å². The van der Waals surface area contributed by atoms with Crippen molar-refractivity contribution in [3.8, 4) is 5.75 Å². The highest BCUT2D eigenvalue weighted by molar-refractivity contribution is 5.50. The Kier molecular flexibility index (Phi) is 4.10. The molecular weight excluding hydrogens is 226 g/mol. The lowest BCUT2D eigenvalue weighted by atomic mass is 10.1. The molecule has 0 radical (unpaired) electrons. The van der Waals surface area contributed by atoms with Crippen molar-refractivity contribution < 1.29 is 5.11 Å². The number of allylic oxidation sites excluding steroid dienone is 1. The number of anilines is 1. The van der Waals surface area contributed by atoms with Gasteiger partial charge in [0.2, 0.25) is 0 Å². The highest BCUT2D eigenvalue weighted by Crippen LogP contribution is 2.19. The lowest BCUT2D eigenvalue weighted by Gasteiger charge is -2.31. The van der Waals surface area contributed by atoms with E-state index in [1.807, 2.05) is 0 Å². The summed E-state index contributed by atoms with van der Waals surface area (Å²) in [6.45, 7) is 4.36. The predicted octanol–water partition coefficient (Wildman–Crippen LogP) is 1.28. The minimum absolute atomic E-state index is 0.271. The van der Waals surface area contributed by atoms with Crippen molar-refractivity contribution in [3.63, 3.8) is 0 Å². The van der Waals surface area contributed by atoms with Crippen molar-refractivity contribution in [1.29, 1.82) is 0 Å². The third kappa shape index (κ3) is 3.40. The van der Waals surface area contributed by atoms with Crippen LogP contribution in [-0.4, -0.2) is 48.1 Å². The van der Waals surface area contributed by atoms with E-state index in [-0.39, 0.29) is 5.75 Å². The van der Waals surface area contributed by atoms with Gasteiger partial charge in [0.25, 0.3) is 0 Å². The Morgan fingerprint density at radius 1 is 1.28 bits per heavy atom. The molecule has 4 heteroatoms. The van der Waals surface area contributed by atoms with Crippen LogP contribution in [0.2, 0.25) is 0 Å². The molecule has 0 unspecified atom stereocenters. The zero-order valence-electron chi connectivity index (χ0n) is 10.8. The fraction of sp³-hybridized carbons (Fsp3) is 0.429. The Morgan fingerprint density at radius 2 is 2.00 bits per heavy atom. The summed E-state index contributed by atoms with van der Waals surface area (Å²) in [5.41, 5.74) is 7.57. The number of likely N-dealkylation sites (N-methyl/N-ethyl adjacent to an activating group) is 1. The average Bonchev–Trinajstić information content (AvgIpc) is 2.36. The maximum atomic E-state index is 9.42. The molecule has 0 amide bonds. The maximum absolute atomic E-state index is 9.42. The lowest BCUT2D eigenvalue weighted by molar-refractivity contribution is 0.198. The molecule has 0 aliphatic carbocycles. The largest absolute Gasteiger partial charge is 0.508 e. The summed E-state index contributed by atoms with van der Waals surface area (Å²) in [4.78, 5) is 4.65. The SMILES string of the molecule is CN1CCN(C=CCc2cc(O)ccc2N)CC1. The minimum atomic E-state index is 0.271. The van der Waals surface area contributed by atoms with Gasteiger partial charge in [-0.3, -0.25) is 0 Å². The molecule has 0 saturated carbocycles. The fourth-order valence-electron chi connectivity index (χ4n) is 2.07. The number of phenols is 1. The standard InChI is InChI=1S/C14H21N3O/c1-16-7-9-17(10-8-16)6-2-3-12-11-13(18)4-5-14(12)15/h2,4-6,11,18H,3,7-10,15H2,1H3. The molecule has 1 aromatic carbocycles. The van der Waals surface area contributed by atoms with Crippen LogP contribution in [0.5, 0.6) is 5.75 Å². The zero-order chi connectivity index (χ0) is 13.0. The summed E-state index contributed by atoms with van der Waals surface area (Å²) in [6.07, 6.45) is 5.00. The summed E-state index contributed by atoms with van der Waals surface area (Å²) in [7, 11) is 2.15. The van der Waals surface area contributed by atoms with E-state index in [0.29, 0.717) is 0 Å². The third-order valence-electron chi connectivity index (χ3n) is 3.32. The summed E-state index contributed by atoms with van der Waals surface area (Å²) in [5.74, 6) is 0.271. The van der Waals surface area contributed by atoms with Crippen molar-refractivity contribution in [2.45, 2.75) is 6.42 Å². The summed E-state index contributed by atoms with van der Waals surface area (Å²) >= 11 is 0. The summed E-state index contributed by atoms with van der Waals surface area (Å²) in [6, 6.07) is 5.08. The zero-order valence-corrected chi connectivity index (χ0v) is 10.8. The number of piperazine rings is 1. The molecule has 98 valence electrons. The van der Waals surface area contributed by atoms with Crippen LogP contribution >= 0.6 is 0 Å². The van der Waals surface area contributed by atoms with Gasteiger partial charge in [0, 0.05) is 31.9 Å². The number of hydrogen-bond acceptors (Lipinski definition) is 4. The van der Waals surface area contributed by atoms with Crippen LogP contribution in [0.15, 0.2) is 30.5 Å². The predicted molar refractivity (Wildman–Crippen MR) is 74.4 cm³/mol. The van der Waals surface area contributed by atoms with Gasteiger partial charge in [0.1, 0.15) is 5.75 Å². The monoisotopic (exact) mass is 247 g/mol. The molecule has 0 aromatic heterocycles. The van der Waals surface area contributed by atoms with E-state index >= 15 is 0 Å². The van der Waals surface area contributed by atoms with Crippen LogP contribution in [0.25, 0.3) is 0 Å². The number of nitrogens with two attached hydrogens (primary N) is 1. The second kappa shape index (κ2) is 5.78. The van der Waals surface area contributed by atoms with Crippen molar-refractivity contribution in [1.82, 2.24) is 9.80 Å². The lowest BCUT2D eigenvalue weighted by Crippen LogP contribution is -2.41. The molecule has 1 heterocycles. The van der Waals surface area contributed by atoms with Crippen LogP contribution in [0.4, 0.5) is 5.69 Å². The molecule has 1 aliphatic rings. The number of hydrogen-bond donors (Lipinski definition) is 2. The first kappa shape index (κ1) is 12.8. The Balaban J connectivity index is 1.89. The fourth-order valence-corrected chi connectivity index (χ4v) is 2.07. The van der Waals surface area contributed by atoms with Crippen LogP contribution < -0.4 is 5.73 Å². The van der Waals surface area contributed by atoms with Gasteiger partial charge in [-0.1, -0.05) is 6.08 Å². The topological polar surface area (TPSA) is 52.7 Å². The van der Waals surface area contributed by atoms with Crippen LogP contribution in [0.1, 0.15) is 5.56 Å². The molecule has 1 aliphatic heterocycles. The maximum Gasteiger partial charge on any atom is 0.116 e. The summed E-state index contributed by atoms with van der Waals surface area (Å²) in [5, 5.41) is 9.42. The molecule has 1 fully saturated rings. The Bertz CT molecular complexity index is 423. The average molecular weight is 247 g/mol. The third-order valence-corrected chi connectivity index (χ3v) is 3.32. The molecule has 18 heavy (non-hydrogen) atoms. The number of rotatable bonds is 3. The van der Waals surface area contributed by atoms with Gasteiger partial charge in [-0.05, 0) is 43.4 Å². The number of benzene rings is 1. The second-order valence-electron chi connectivity index (χ2n) is 4.81. The molecule has 2 rings (SSSR count). The molecule has 0 spiro atoms. The van der Waals surface area contributed by atoms with E-state index in [9.17, 15) is 5.11 Å². The van der Waals surface area contributed by atoms with E-state index in [2.05, 4.69) is 29.1 Å². The number of aromatic hydroxyl groups is 1. The smallest absolute Gasteiger partial charge is 0.116 e. The molecule has 4 nitrogen and oxygen atoms in total. The Labute approximate surface area is 108 Å². The first-order valence-electron chi connectivity index (χ1n) is 6.32. The van der Waals surface area contributed by atoms with Gasteiger partial charge >= 0.3 is 0 Å². The highest BCUT2D eigenvalue weighted by atomic mass is 16.3. The molecule has 0 bridgehead atoms. The normalized spacial score (nSPS) is 17.5. The molecule has 3 N–H and O–H groups in total. The first-order chi connectivity index (χ1) is 8.65. The van der Waals surface area contributed by atoms with E-state index in [1.54, 1.807) is 18.2 Å². The quantitative estimate of drug-likeness (QED) is 0.624. The van der Waals surface area contributed by atoms with Crippen LogP contribution in [0.3, 0.4) is 0 Å². The van der Waals surface area contributed by atoms with E-state index < -0.39 is 0 Å². The second-order valence-corrected chi connectivity index (χ2v) is 4.81. The molecular formula is C14H21N3O. The van der Waals surface area contributed by atoms with E-state index in [4.69, 9.17) is 5.73 Å².